The van der Waals surface area contributed by atoms with E-state index in [2.05, 4.69) is 20.3 Å². The van der Waals surface area contributed by atoms with E-state index in [4.69, 9.17) is 16.3 Å². The van der Waals surface area contributed by atoms with Crippen molar-refractivity contribution in [3.8, 4) is 5.69 Å². The number of hydrogen-bond acceptors (Lipinski definition) is 7. The van der Waals surface area contributed by atoms with Crippen molar-refractivity contribution < 1.29 is 9.53 Å². The summed E-state index contributed by atoms with van der Waals surface area (Å²) in [6.45, 7) is 3.70. The molecule has 0 saturated heterocycles. The van der Waals surface area contributed by atoms with Crippen LogP contribution in [0.15, 0.2) is 35.9 Å². The van der Waals surface area contributed by atoms with Crippen molar-refractivity contribution in [3.05, 3.63) is 41.3 Å². The van der Waals surface area contributed by atoms with Crippen molar-refractivity contribution in [1.29, 1.82) is 0 Å². The molecule has 4 aromatic rings. The van der Waals surface area contributed by atoms with Gasteiger partial charge < -0.3 is 4.74 Å². The molecule has 0 N–H and O–H groups in total. The fourth-order valence-electron chi connectivity index (χ4n) is 2.66. The Bertz CT molecular complexity index is 1170. The summed E-state index contributed by atoms with van der Waals surface area (Å²) < 4.78 is 8.20. The van der Waals surface area contributed by atoms with Crippen LogP contribution in [0, 0.1) is 6.92 Å². The largest absolute Gasteiger partial charge is 0.468 e. The van der Waals surface area contributed by atoms with Gasteiger partial charge in [0, 0.05) is 5.02 Å². The molecule has 0 aliphatic rings. The van der Waals surface area contributed by atoms with Gasteiger partial charge in [0.1, 0.15) is 11.6 Å². The molecule has 1 aromatic carbocycles. The van der Waals surface area contributed by atoms with Crippen LogP contribution in [0.4, 0.5) is 0 Å². The highest BCUT2D eigenvalue weighted by Crippen LogP contribution is 2.27. The molecular weight excluding hydrogens is 388 g/mol. The zero-order chi connectivity index (χ0) is 19.1. The van der Waals surface area contributed by atoms with E-state index in [-0.39, 0.29) is 5.97 Å². The predicted molar refractivity (Wildman–Crippen MR) is 102 cm³/mol. The van der Waals surface area contributed by atoms with E-state index >= 15 is 0 Å². The van der Waals surface area contributed by atoms with E-state index in [0.29, 0.717) is 21.5 Å². The normalized spacial score (nSPS) is 12.6. The average Bonchev–Trinajstić information content (AvgIpc) is 3.27. The van der Waals surface area contributed by atoms with Crippen LogP contribution in [0.5, 0.6) is 0 Å². The highest BCUT2D eigenvalue weighted by atomic mass is 35.5. The SMILES string of the molecule is COC(=O)C(C)Sc1nnc2c3cnn(-c4ccc(C)c(Cl)c4)c3ncn12. The minimum absolute atomic E-state index is 0.324. The maximum absolute atomic E-state index is 11.7. The van der Waals surface area contributed by atoms with Crippen LogP contribution in [0.2, 0.25) is 5.02 Å². The van der Waals surface area contributed by atoms with Crippen LogP contribution in [0.3, 0.4) is 0 Å². The smallest absolute Gasteiger partial charge is 0.318 e. The third-order valence-corrected chi connectivity index (χ3v) is 5.60. The number of rotatable bonds is 4. The van der Waals surface area contributed by atoms with Gasteiger partial charge in [0.15, 0.2) is 16.5 Å². The van der Waals surface area contributed by atoms with Crippen LogP contribution < -0.4 is 0 Å². The maximum Gasteiger partial charge on any atom is 0.318 e. The van der Waals surface area contributed by atoms with Crippen LogP contribution in [-0.2, 0) is 9.53 Å². The quantitative estimate of drug-likeness (QED) is 0.383. The summed E-state index contributed by atoms with van der Waals surface area (Å²) in [5.41, 5.74) is 3.06. The number of aromatic nitrogens is 6. The van der Waals surface area contributed by atoms with E-state index < -0.39 is 5.25 Å². The summed E-state index contributed by atoms with van der Waals surface area (Å²) in [5.74, 6) is -0.324. The summed E-state index contributed by atoms with van der Waals surface area (Å²) in [7, 11) is 1.36. The minimum Gasteiger partial charge on any atom is -0.468 e. The molecule has 0 spiro atoms. The second kappa shape index (κ2) is 6.82. The van der Waals surface area contributed by atoms with Crippen LogP contribution in [0.25, 0.3) is 22.4 Å². The van der Waals surface area contributed by atoms with Crippen molar-refractivity contribution in [1.82, 2.24) is 29.4 Å². The summed E-state index contributed by atoms with van der Waals surface area (Å²) >= 11 is 7.50. The fraction of sp³-hybridized carbons (Fsp3) is 0.235. The molecule has 4 rings (SSSR count). The first kappa shape index (κ1) is 17.7. The molecule has 27 heavy (non-hydrogen) atoms. The van der Waals surface area contributed by atoms with Crippen LogP contribution in [0.1, 0.15) is 12.5 Å². The van der Waals surface area contributed by atoms with Gasteiger partial charge in [-0.2, -0.15) is 5.10 Å². The summed E-state index contributed by atoms with van der Waals surface area (Å²) in [4.78, 5) is 16.2. The van der Waals surface area contributed by atoms with Gasteiger partial charge in [0.25, 0.3) is 0 Å². The Balaban J connectivity index is 1.78. The van der Waals surface area contributed by atoms with Gasteiger partial charge in [-0.3, -0.25) is 9.20 Å². The topological polar surface area (TPSA) is 87.2 Å². The second-order valence-corrected chi connectivity index (χ2v) is 7.65. The van der Waals surface area contributed by atoms with Gasteiger partial charge in [0.05, 0.1) is 24.4 Å². The number of methoxy groups -OCH3 is 1. The molecule has 0 bridgehead atoms. The van der Waals surface area contributed by atoms with Gasteiger partial charge in [-0.1, -0.05) is 29.4 Å². The first-order valence-electron chi connectivity index (χ1n) is 8.08. The van der Waals surface area contributed by atoms with Gasteiger partial charge in [-0.05, 0) is 31.5 Å². The number of halogens is 1. The lowest BCUT2D eigenvalue weighted by Gasteiger charge is -2.07. The lowest BCUT2D eigenvalue weighted by Crippen LogP contribution is -2.15. The van der Waals surface area contributed by atoms with Gasteiger partial charge in [-0.15, -0.1) is 10.2 Å². The van der Waals surface area contributed by atoms with Crippen molar-refractivity contribution in [2.75, 3.05) is 7.11 Å². The van der Waals surface area contributed by atoms with Crippen molar-refractivity contribution in [2.45, 2.75) is 24.3 Å². The molecule has 3 heterocycles. The Hall–Kier alpha value is -2.65. The van der Waals surface area contributed by atoms with Crippen LogP contribution in [-0.4, -0.2) is 47.7 Å². The number of nitrogens with zero attached hydrogens (tertiary/aromatic N) is 6. The van der Waals surface area contributed by atoms with E-state index in [1.165, 1.54) is 18.9 Å². The Kier molecular flexibility index (Phi) is 4.48. The molecule has 1 atom stereocenters. The lowest BCUT2D eigenvalue weighted by atomic mass is 10.2. The third kappa shape index (κ3) is 3.02. The molecule has 0 saturated carbocycles. The highest BCUT2D eigenvalue weighted by molar-refractivity contribution is 8.00. The average molecular weight is 403 g/mol. The van der Waals surface area contributed by atoms with Gasteiger partial charge in [0.2, 0.25) is 0 Å². The van der Waals surface area contributed by atoms with E-state index in [9.17, 15) is 4.79 Å². The number of carbonyl (C=O) groups excluding carboxylic acids is 1. The number of thioether (sulfide) groups is 1. The van der Waals surface area contributed by atoms with Crippen molar-refractivity contribution in [3.63, 3.8) is 0 Å². The highest BCUT2D eigenvalue weighted by Gasteiger charge is 2.20. The number of fused-ring (bicyclic) bond motifs is 3. The number of aryl methyl sites for hydroxylation is 1. The van der Waals surface area contributed by atoms with Crippen molar-refractivity contribution in [2.24, 2.45) is 0 Å². The molecular formula is C17H15ClN6O2S. The van der Waals surface area contributed by atoms with E-state index in [0.717, 1.165) is 16.6 Å². The summed E-state index contributed by atoms with van der Waals surface area (Å²) in [5, 5.41) is 14.4. The third-order valence-electron chi connectivity index (χ3n) is 4.16. The molecule has 0 radical (unpaired) electrons. The van der Waals surface area contributed by atoms with Gasteiger partial charge >= 0.3 is 5.97 Å². The molecule has 0 aliphatic heterocycles. The van der Waals surface area contributed by atoms with E-state index in [1.54, 1.807) is 28.5 Å². The van der Waals surface area contributed by atoms with Crippen LogP contribution >= 0.6 is 23.4 Å². The standard InChI is InChI=1S/C17H15ClN6O2S/c1-9-4-5-11(6-13(9)18)24-14-12(7-20-24)15-21-22-17(23(15)8-19-14)27-10(2)16(25)26-3/h4-8,10H,1-3H3. The Morgan fingerprint density at radius 2 is 2.11 bits per heavy atom. The van der Waals surface area contributed by atoms with Gasteiger partial charge in [-0.25, -0.2) is 9.67 Å². The Labute approximate surface area is 163 Å². The molecule has 0 aliphatic carbocycles. The number of ether oxygens (including phenoxy) is 1. The molecule has 10 heteroatoms. The first-order valence-corrected chi connectivity index (χ1v) is 9.34. The lowest BCUT2D eigenvalue weighted by molar-refractivity contribution is -0.139. The minimum atomic E-state index is -0.407. The summed E-state index contributed by atoms with van der Waals surface area (Å²) in [6, 6.07) is 5.71. The summed E-state index contributed by atoms with van der Waals surface area (Å²) in [6.07, 6.45) is 3.32. The number of carbonyl (C=O) groups is 1. The first-order chi connectivity index (χ1) is 13.0. The fourth-order valence-corrected chi connectivity index (χ4v) is 3.67. The zero-order valence-corrected chi connectivity index (χ0v) is 16.3. The zero-order valence-electron chi connectivity index (χ0n) is 14.8. The number of esters is 1. The molecule has 3 aromatic heterocycles. The maximum atomic E-state index is 11.7. The van der Waals surface area contributed by atoms with E-state index in [1.807, 2.05) is 25.1 Å². The molecule has 0 amide bonds. The molecule has 138 valence electrons. The molecule has 8 nitrogen and oxygen atoms in total. The molecule has 1 unspecified atom stereocenters. The second-order valence-electron chi connectivity index (χ2n) is 5.93. The Morgan fingerprint density at radius 1 is 1.30 bits per heavy atom. The van der Waals surface area contributed by atoms with Crippen molar-refractivity contribution >= 4 is 46.0 Å². The predicted octanol–water partition coefficient (Wildman–Crippen LogP) is 3.08. The molecule has 0 fully saturated rings. The monoisotopic (exact) mass is 402 g/mol. The number of benzene rings is 1. The number of hydrogen-bond donors (Lipinski definition) is 0. The Morgan fingerprint density at radius 3 is 2.85 bits per heavy atom.